The van der Waals surface area contributed by atoms with Gasteiger partial charge in [-0.15, -0.1) is 0 Å². The molecular formula is C25H24F4N4O7S. The SMILES string of the molecule is C[C@H](N(Cc1ccc(F)cc1)C(=O)CN1CO[C@]2(C(=O)Cc3cc(NC(=O)CS(N)(=O)=O)ccc32)C1=O)C(F)(F)F. The van der Waals surface area contributed by atoms with Gasteiger partial charge in [-0.25, -0.2) is 17.9 Å². The molecular weight excluding hydrogens is 576 g/mol. The number of halogens is 4. The fourth-order valence-electron chi connectivity index (χ4n) is 4.67. The number of primary sulfonamides is 1. The fraction of sp³-hybridized carbons (Fsp3) is 0.360. The molecule has 2 aromatic carbocycles. The standard InChI is InChI=1S/C25H24F4N4O7S/c1-14(25(27,28)29)33(10-15-2-4-17(26)5-3-15)22(36)11-32-13-40-24(23(32)37)19-7-6-18(8-16(19)9-20(24)34)31-21(35)12-41(30,38)39/h2-8,14H,9-13H2,1H3,(H,31,35)(H2,30,38,39)/t14-,24+/m0/s1. The van der Waals surface area contributed by atoms with Crippen LogP contribution in [0.4, 0.5) is 23.2 Å². The summed E-state index contributed by atoms with van der Waals surface area (Å²) < 4.78 is 81.9. The van der Waals surface area contributed by atoms with Crippen LogP contribution in [0, 0.1) is 5.82 Å². The molecule has 11 nitrogen and oxygen atoms in total. The monoisotopic (exact) mass is 600 g/mol. The van der Waals surface area contributed by atoms with E-state index in [2.05, 4.69) is 5.32 Å². The van der Waals surface area contributed by atoms with Gasteiger partial charge >= 0.3 is 6.18 Å². The second-order valence-corrected chi connectivity index (χ2v) is 11.3. The summed E-state index contributed by atoms with van der Waals surface area (Å²) in [6.45, 7) is -1.13. The number of rotatable bonds is 8. The Morgan fingerprint density at radius 2 is 1.83 bits per heavy atom. The average molecular weight is 601 g/mol. The van der Waals surface area contributed by atoms with Crippen LogP contribution in [0.15, 0.2) is 42.5 Å². The molecule has 41 heavy (non-hydrogen) atoms. The van der Waals surface area contributed by atoms with Gasteiger partial charge in [-0.3, -0.25) is 19.2 Å². The van der Waals surface area contributed by atoms with Crippen LogP contribution in [-0.2, 0) is 52.5 Å². The Hall–Kier alpha value is -3.89. The fourth-order valence-corrected chi connectivity index (χ4v) is 5.11. The molecule has 2 aliphatic rings. The number of hydrogen-bond acceptors (Lipinski definition) is 7. The number of alkyl halides is 3. The first-order chi connectivity index (χ1) is 19.0. The number of carbonyl (C=O) groups excluding carboxylic acids is 4. The highest BCUT2D eigenvalue weighted by molar-refractivity contribution is 7.89. The topological polar surface area (TPSA) is 156 Å². The van der Waals surface area contributed by atoms with Crippen LogP contribution in [0.2, 0.25) is 0 Å². The Morgan fingerprint density at radius 1 is 1.17 bits per heavy atom. The van der Waals surface area contributed by atoms with Crippen molar-refractivity contribution >= 4 is 39.2 Å². The van der Waals surface area contributed by atoms with Crippen LogP contribution in [0.1, 0.15) is 23.6 Å². The Labute approximate surface area is 231 Å². The number of hydrogen-bond donors (Lipinski definition) is 2. The van der Waals surface area contributed by atoms with E-state index in [1.165, 1.54) is 30.3 Å². The first-order valence-electron chi connectivity index (χ1n) is 12.0. The molecule has 1 heterocycles. The van der Waals surface area contributed by atoms with Gasteiger partial charge in [0.1, 0.15) is 30.9 Å². The molecule has 2 aromatic rings. The van der Waals surface area contributed by atoms with Crippen LogP contribution < -0.4 is 10.5 Å². The molecule has 0 unspecified atom stereocenters. The number of nitrogens with zero attached hydrogens (tertiary/aromatic N) is 2. The summed E-state index contributed by atoms with van der Waals surface area (Å²) in [4.78, 5) is 52.8. The number of amides is 3. The van der Waals surface area contributed by atoms with Gasteiger partial charge in [-0.05, 0) is 42.3 Å². The van der Waals surface area contributed by atoms with Crippen molar-refractivity contribution in [2.45, 2.75) is 37.7 Å². The highest BCUT2D eigenvalue weighted by Crippen LogP contribution is 2.43. The van der Waals surface area contributed by atoms with Gasteiger partial charge in [0.25, 0.3) is 5.91 Å². The quantitative estimate of drug-likeness (QED) is 0.340. The zero-order valence-corrected chi connectivity index (χ0v) is 22.2. The maximum absolute atomic E-state index is 13.6. The van der Waals surface area contributed by atoms with Gasteiger partial charge in [0.2, 0.25) is 27.4 Å². The first-order valence-corrected chi connectivity index (χ1v) is 13.7. The summed E-state index contributed by atoms with van der Waals surface area (Å²) in [6.07, 6.45) is -5.10. The first kappa shape index (κ1) is 30.1. The van der Waals surface area contributed by atoms with E-state index in [4.69, 9.17) is 9.88 Å². The maximum Gasteiger partial charge on any atom is 0.408 e. The molecule has 4 rings (SSSR count). The van der Waals surface area contributed by atoms with Crippen LogP contribution in [0.5, 0.6) is 0 Å². The number of carbonyl (C=O) groups is 4. The normalized spacial score (nSPS) is 19.4. The van der Waals surface area contributed by atoms with Crippen LogP contribution in [-0.4, -0.2) is 73.0 Å². The lowest BCUT2D eigenvalue weighted by Crippen LogP contribution is -2.51. The summed E-state index contributed by atoms with van der Waals surface area (Å²) >= 11 is 0. The zero-order valence-electron chi connectivity index (χ0n) is 21.4. The molecule has 0 bridgehead atoms. The summed E-state index contributed by atoms with van der Waals surface area (Å²) in [6, 6.07) is 6.28. The Kier molecular flexibility index (Phi) is 7.95. The lowest BCUT2D eigenvalue weighted by atomic mass is 9.94. The van der Waals surface area contributed by atoms with Crippen molar-refractivity contribution in [2.24, 2.45) is 5.14 Å². The predicted octanol–water partition coefficient (Wildman–Crippen LogP) is 1.17. The van der Waals surface area contributed by atoms with Crippen LogP contribution in [0.25, 0.3) is 0 Å². The van der Waals surface area contributed by atoms with Gasteiger partial charge < -0.3 is 19.9 Å². The van der Waals surface area contributed by atoms with Gasteiger partial charge in [0.15, 0.2) is 5.78 Å². The number of sulfonamides is 1. The minimum Gasteiger partial charge on any atom is -0.332 e. The van der Waals surface area contributed by atoms with Crippen molar-refractivity contribution in [3.8, 4) is 0 Å². The van der Waals surface area contributed by atoms with Crippen LogP contribution in [0.3, 0.4) is 0 Å². The van der Waals surface area contributed by atoms with Gasteiger partial charge in [-0.2, -0.15) is 13.2 Å². The molecule has 0 aromatic heterocycles. The molecule has 1 spiro atoms. The minimum absolute atomic E-state index is 0.123. The summed E-state index contributed by atoms with van der Waals surface area (Å²) in [5.74, 6) is -5.23. The minimum atomic E-state index is -4.80. The molecule has 0 saturated carbocycles. The van der Waals surface area contributed by atoms with E-state index >= 15 is 0 Å². The van der Waals surface area contributed by atoms with Crippen LogP contribution >= 0.6 is 0 Å². The third-order valence-electron chi connectivity index (χ3n) is 6.72. The van der Waals surface area contributed by atoms with E-state index in [0.717, 1.165) is 24.0 Å². The van der Waals surface area contributed by atoms with E-state index in [9.17, 15) is 45.2 Å². The average Bonchev–Trinajstić information content (AvgIpc) is 3.32. The number of ketones is 1. The summed E-state index contributed by atoms with van der Waals surface area (Å²) in [5.41, 5.74) is -1.37. The Balaban J connectivity index is 1.53. The van der Waals surface area contributed by atoms with E-state index in [1.54, 1.807) is 0 Å². The van der Waals surface area contributed by atoms with Gasteiger partial charge in [-0.1, -0.05) is 18.2 Å². The highest BCUT2D eigenvalue weighted by Gasteiger charge is 2.59. The van der Waals surface area contributed by atoms with E-state index < -0.39 is 82.7 Å². The Bertz CT molecular complexity index is 1510. The smallest absolute Gasteiger partial charge is 0.332 e. The number of ether oxygens (including phenoxy) is 1. The number of benzene rings is 2. The van der Waals surface area contributed by atoms with Crippen molar-refractivity contribution in [3.63, 3.8) is 0 Å². The Morgan fingerprint density at radius 3 is 2.44 bits per heavy atom. The number of nitrogens with one attached hydrogen (secondary N) is 1. The molecule has 3 amide bonds. The molecule has 3 N–H and O–H groups in total. The molecule has 220 valence electrons. The molecule has 1 saturated heterocycles. The van der Waals surface area contributed by atoms with Crippen molar-refractivity contribution in [3.05, 3.63) is 65.0 Å². The maximum atomic E-state index is 13.6. The number of Topliss-reactive ketones (excluding diaryl/α,β-unsaturated/α-hetero) is 1. The molecule has 2 atom stereocenters. The van der Waals surface area contributed by atoms with Gasteiger partial charge in [0, 0.05) is 24.2 Å². The third kappa shape index (κ3) is 6.23. The molecule has 16 heteroatoms. The third-order valence-corrected chi connectivity index (χ3v) is 7.39. The number of fused-ring (bicyclic) bond motifs is 2. The lowest BCUT2D eigenvalue weighted by Gasteiger charge is -2.32. The van der Waals surface area contributed by atoms with Crippen molar-refractivity contribution < 1.29 is 49.9 Å². The predicted molar refractivity (Wildman–Crippen MR) is 134 cm³/mol. The molecule has 1 aliphatic heterocycles. The second-order valence-electron chi connectivity index (χ2n) is 9.65. The highest BCUT2D eigenvalue weighted by atomic mass is 32.2. The van der Waals surface area contributed by atoms with Crippen molar-refractivity contribution in [2.75, 3.05) is 24.3 Å². The zero-order chi connectivity index (χ0) is 30.3. The van der Waals surface area contributed by atoms with E-state index in [-0.39, 0.29) is 28.8 Å². The molecule has 0 radical (unpaired) electrons. The van der Waals surface area contributed by atoms with Crippen molar-refractivity contribution in [1.82, 2.24) is 9.80 Å². The number of nitrogens with two attached hydrogens (primary N) is 1. The van der Waals surface area contributed by atoms with E-state index in [0.29, 0.717) is 4.90 Å². The summed E-state index contributed by atoms with van der Waals surface area (Å²) in [7, 11) is -4.09. The largest absolute Gasteiger partial charge is 0.408 e. The molecule has 1 fully saturated rings. The molecule has 1 aliphatic carbocycles. The summed E-state index contributed by atoms with van der Waals surface area (Å²) in [5, 5.41) is 7.17. The number of anilines is 1. The lowest BCUT2D eigenvalue weighted by molar-refractivity contribution is -0.187. The van der Waals surface area contributed by atoms with Gasteiger partial charge in [0.05, 0.1) is 0 Å². The second kappa shape index (κ2) is 10.8. The van der Waals surface area contributed by atoms with E-state index in [1.807, 2.05) is 0 Å². The van der Waals surface area contributed by atoms with Crippen molar-refractivity contribution in [1.29, 1.82) is 0 Å².